The minimum Gasteiger partial charge on any atom is -0.368 e. The molecule has 2 aromatic rings. The third kappa shape index (κ3) is 3.53. The number of rotatable bonds is 5. The Morgan fingerprint density at radius 3 is 2.50 bits per heavy atom. The lowest BCUT2D eigenvalue weighted by Gasteiger charge is -2.04. The van der Waals surface area contributed by atoms with E-state index in [1.165, 1.54) is 11.8 Å². The fraction of sp³-hybridized carbons (Fsp3) is 0.273. The Morgan fingerprint density at radius 1 is 1.30 bits per heavy atom. The first-order chi connectivity index (χ1) is 9.40. The lowest BCUT2D eigenvalue weighted by molar-refractivity contribution is 0.597. The molecule has 9 heteroatoms. The number of anilines is 1. The maximum atomic E-state index is 12.1. The SMILES string of the molecule is Cn1c(N)nnc1SCCS(=O)(=O)c1ccc(Br)cc1. The molecule has 0 saturated heterocycles. The molecule has 1 heterocycles. The largest absolute Gasteiger partial charge is 0.368 e. The van der Waals surface area contributed by atoms with Crippen LogP contribution >= 0.6 is 27.7 Å². The standard InChI is InChI=1S/C11H13BrN4O2S2/c1-16-10(13)14-15-11(16)19-6-7-20(17,18)9-4-2-8(12)3-5-9/h2-5H,6-7H2,1H3,(H2,13,14). The first-order valence-corrected chi connectivity index (χ1v) is 9.09. The van der Waals surface area contributed by atoms with E-state index in [1.54, 1.807) is 35.9 Å². The zero-order valence-electron chi connectivity index (χ0n) is 10.7. The lowest BCUT2D eigenvalue weighted by atomic mass is 10.4. The number of hydrogen-bond acceptors (Lipinski definition) is 6. The van der Waals surface area contributed by atoms with Crippen molar-refractivity contribution in [1.82, 2.24) is 14.8 Å². The maximum Gasteiger partial charge on any atom is 0.222 e. The van der Waals surface area contributed by atoms with Crippen LogP contribution in [0.25, 0.3) is 0 Å². The number of halogens is 1. The molecule has 0 saturated carbocycles. The summed E-state index contributed by atoms with van der Waals surface area (Å²) in [5.41, 5.74) is 5.56. The Morgan fingerprint density at radius 2 is 1.95 bits per heavy atom. The molecule has 0 bridgehead atoms. The van der Waals surface area contributed by atoms with Crippen LogP contribution in [0.3, 0.4) is 0 Å². The van der Waals surface area contributed by atoms with Crippen molar-refractivity contribution in [2.24, 2.45) is 7.05 Å². The topological polar surface area (TPSA) is 90.9 Å². The van der Waals surface area contributed by atoms with Crippen molar-refractivity contribution in [2.45, 2.75) is 10.1 Å². The molecule has 0 aliphatic carbocycles. The van der Waals surface area contributed by atoms with Crippen molar-refractivity contribution in [3.05, 3.63) is 28.7 Å². The highest BCUT2D eigenvalue weighted by Crippen LogP contribution is 2.20. The Hall–Kier alpha value is -1.06. The Bertz CT molecular complexity index is 698. The van der Waals surface area contributed by atoms with Gasteiger partial charge < -0.3 is 5.73 Å². The van der Waals surface area contributed by atoms with Gasteiger partial charge in [0.05, 0.1) is 10.6 Å². The number of sulfone groups is 1. The van der Waals surface area contributed by atoms with Crippen LogP contribution in [0.5, 0.6) is 0 Å². The Kier molecular flexibility index (Phi) is 4.71. The predicted molar refractivity (Wildman–Crippen MR) is 82.3 cm³/mol. The van der Waals surface area contributed by atoms with Crippen LogP contribution < -0.4 is 5.73 Å². The molecule has 2 rings (SSSR count). The molecule has 0 unspecified atom stereocenters. The molecule has 0 fully saturated rings. The fourth-order valence-corrected chi connectivity index (χ4v) is 4.28. The third-order valence-electron chi connectivity index (χ3n) is 2.62. The van der Waals surface area contributed by atoms with Gasteiger partial charge in [-0.15, -0.1) is 10.2 Å². The van der Waals surface area contributed by atoms with Crippen LogP contribution in [0.2, 0.25) is 0 Å². The summed E-state index contributed by atoms with van der Waals surface area (Å²) in [5.74, 6) is 0.736. The van der Waals surface area contributed by atoms with E-state index in [0.29, 0.717) is 21.8 Å². The Labute approximate surface area is 129 Å². The van der Waals surface area contributed by atoms with E-state index in [-0.39, 0.29) is 5.75 Å². The highest BCUT2D eigenvalue weighted by Gasteiger charge is 2.15. The van der Waals surface area contributed by atoms with E-state index in [0.717, 1.165) is 4.47 Å². The fourth-order valence-electron chi connectivity index (χ4n) is 1.45. The second-order valence-electron chi connectivity index (χ2n) is 4.02. The summed E-state index contributed by atoms with van der Waals surface area (Å²) < 4.78 is 26.7. The van der Waals surface area contributed by atoms with Crippen molar-refractivity contribution in [3.63, 3.8) is 0 Å². The van der Waals surface area contributed by atoms with Gasteiger partial charge in [-0.25, -0.2) is 8.42 Å². The second kappa shape index (κ2) is 6.15. The number of nitrogens with zero attached hydrogens (tertiary/aromatic N) is 3. The molecule has 2 N–H and O–H groups in total. The van der Waals surface area contributed by atoms with Gasteiger partial charge in [0.25, 0.3) is 0 Å². The molecular weight excluding hydrogens is 364 g/mol. The van der Waals surface area contributed by atoms with Crippen molar-refractivity contribution in [1.29, 1.82) is 0 Å². The van der Waals surface area contributed by atoms with E-state index in [4.69, 9.17) is 5.73 Å². The molecule has 1 aromatic heterocycles. The van der Waals surface area contributed by atoms with Gasteiger partial charge in [-0.2, -0.15) is 0 Å². The molecule has 0 radical (unpaired) electrons. The van der Waals surface area contributed by atoms with Crippen LogP contribution in [0.1, 0.15) is 0 Å². The van der Waals surface area contributed by atoms with Gasteiger partial charge in [-0.05, 0) is 24.3 Å². The van der Waals surface area contributed by atoms with E-state index >= 15 is 0 Å². The average Bonchev–Trinajstić information content (AvgIpc) is 2.71. The summed E-state index contributed by atoms with van der Waals surface area (Å²) in [6.07, 6.45) is 0. The number of aromatic nitrogens is 3. The molecule has 108 valence electrons. The molecule has 20 heavy (non-hydrogen) atoms. The average molecular weight is 377 g/mol. The number of hydrogen-bond donors (Lipinski definition) is 1. The molecule has 6 nitrogen and oxygen atoms in total. The van der Waals surface area contributed by atoms with Crippen LogP contribution in [-0.2, 0) is 16.9 Å². The highest BCUT2D eigenvalue weighted by molar-refractivity contribution is 9.10. The van der Waals surface area contributed by atoms with Gasteiger partial charge in [-0.1, -0.05) is 27.7 Å². The number of benzene rings is 1. The van der Waals surface area contributed by atoms with Crippen LogP contribution in [0, 0.1) is 0 Å². The van der Waals surface area contributed by atoms with Crippen LogP contribution in [0.15, 0.2) is 38.8 Å². The zero-order valence-corrected chi connectivity index (χ0v) is 13.9. The van der Waals surface area contributed by atoms with Gasteiger partial charge >= 0.3 is 0 Å². The van der Waals surface area contributed by atoms with Gasteiger partial charge in [0, 0.05) is 17.3 Å². The number of nitrogen functional groups attached to an aromatic ring is 1. The van der Waals surface area contributed by atoms with Crippen molar-refractivity contribution < 1.29 is 8.42 Å². The van der Waals surface area contributed by atoms with Crippen LogP contribution in [0.4, 0.5) is 5.95 Å². The number of nitrogens with two attached hydrogens (primary N) is 1. The number of thioether (sulfide) groups is 1. The zero-order chi connectivity index (χ0) is 14.8. The summed E-state index contributed by atoms with van der Waals surface area (Å²) in [7, 11) is -1.55. The molecular formula is C11H13BrN4O2S2. The van der Waals surface area contributed by atoms with E-state index in [9.17, 15) is 8.42 Å². The first kappa shape index (κ1) is 15.3. The predicted octanol–water partition coefficient (Wildman–Crippen LogP) is 1.73. The smallest absolute Gasteiger partial charge is 0.222 e. The summed E-state index contributed by atoms with van der Waals surface area (Å²) >= 11 is 4.59. The monoisotopic (exact) mass is 376 g/mol. The van der Waals surface area contributed by atoms with E-state index < -0.39 is 9.84 Å². The van der Waals surface area contributed by atoms with Gasteiger partial charge in [-0.3, -0.25) is 4.57 Å². The molecule has 0 amide bonds. The van der Waals surface area contributed by atoms with Crippen LogP contribution in [-0.4, -0.2) is 34.7 Å². The quantitative estimate of drug-likeness (QED) is 0.798. The normalized spacial score (nSPS) is 11.7. The summed E-state index contributed by atoms with van der Waals surface area (Å²) in [4.78, 5) is 0.318. The maximum absolute atomic E-state index is 12.1. The summed E-state index contributed by atoms with van der Waals surface area (Å²) in [6.45, 7) is 0. The van der Waals surface area contributed by atoms with Crippen molar-refractivity contribution in [3.8, 4) is 0 Å². The molecule has 1 aromatic carbocycles. The molecule has 0 aliphatic heterocycles. The van der Waals surface area contributed by atoms with Gasteiger partial charge in [0.15, 0.2) is 15.0 Å². The minimum atomic E-state index is -3.28. The van der Waals surface area contributed by atoms with E-state index in [1.807, 2.05) is 0 Å². The summed E-state index contributed by atoms with van der Waals surface area (Å²) in [5, 5.41) is 8.19. The molecule has 0 spiro atoms. The van der Waals surface area contributed by atoms with Crippen molar-refractivity contribution >= 4 is 43.5 Å². The van der Waals surface area contributed by atoms with Gasteiger partial charge in [0.2, 0.25) is 5.95 Å². The Balaban J connectivity index is 1.99. The summed E-state index contributed by atoms with van der Waals surface area (Å²) in [6, 6.07) is 6.60. The van der Waals surface area contributed by atoms with E-state index in [2.05, 4.69) is 26.1 Å². The molecule has 0 atom stereocenters. The second-order valence-corrected chi connectivity index (χ2v) is 8.11. The third-order valence-corrected chi connectivity index (χ3v) is 6.17. The minimum absolute atomic E-state index is 0.0338. The first-order valence-electron chi connectivity index (χ1n) is 5.66. The highest BCUT2D eigenvalue weighted by atomic mass is 79.9. The van der Waals surface area contributed by atoms with Gasteiger partial charge in [0.1, 0.15) is 0 Å². The lowest BCUT2D eigenvalue weighted by Crippen LogP contribution is -2.09. The molecule has 0 aliphatic rings. The van der Waals surface area contributed by atoms with Crippen molar-refractivity contribution in [2.75, 3.05) is 17.2 Å².